The molecule has 8 aliphatic rings. The van der Waals surface area contributed by atoms with E-state index in [1.54, 1.807) is 0 Å². The zero-order valence-corrected chi connectivity index (χ0v) is 63.7. The molecule has 492 valence electrons. The Hall–Kier alpha value is -4.00. The quantitative estimate of drug-likeness (QED) is 0.0872. The summed E-state index contributed by atoms with van der Waals surface area (Å²) in [7, 11) is 9.87. The first-order chi connectivity index (χ1) is 43.0. The molecule has 0 spiro atoms. The molecule has 0 amide bonds. The standard InChI is InChI=1S/C84H104.C3H8.2CH3.2ClH.Zr/c1-79(2,3)63-43-47-69-70-48-44-64(80(4,5)6)54-74(70)77(73(69)53-63)83(59-31-21-15-22-32-59,60-33-23-16-24-34-60)67-41-39-57(51-67)29-19-13-14-20-30-58-40-42-68(52-58)84(61-35-25-17-26-36-61,62-37-27-18-28-38-62)78-75-55-65(81(7,8)9)45-49-71(75)72-50-46-66(56-76(72)78)82(10,11)12;1-3-2;;;;;/h13-18,21-28,31-38,43-50,53-58,67-78H,19-20,29-30,39-42,51-52H2,1-12H3;3H2,1-2H3;2*1H3;2*1H;/q;;2*-1;;;+4/p-2/b14-13+;;;;;;. The Morgan fingerprint density at radius 3 is 0.815 bits per heavy atom. The van der Waals surface area contributed by atoms with Crippen LogP contribution in [0.4, 0.5) is 0 Å². The van der Waals surface area contributed by atoms with Crippen molar-refractivity contribution >= 4 is 17.0 Å². The van der Waals surface area contributed by atoms with Crippen LogP contribution < -0.4 is 0 Å². The van der Waals surface area contributed by atoms with E-state index >= 15 is 0 Å². The van der Waals surface area contributed by atoms with Gasteiger partial charge in [0.05, 0.1) is 0 Å². The van der Waals surface area contributed by atoms with E-state index in [1.807, 2.05) is 0 Å². The van der Waals surface area contributed by atoms with Gasteiger partial charge in [0.1, 0.15) is 0 Å². The summed E-state index contributed by atoms with van der Waals surface area (Å²) in [4.78, 5) is 0. The number of hydrogen-bond donors (Lipinski definition) is 0. The molecule has 4 saturated carbocycles. The summed E-state index contributed by atoms with van der Waals surface area (Å²) in [5.41, 5.74) is 12.3. The molecule has 0 aliphatic heterocycles. The summed E-state index contributed by atoms with van der Waals surface area (Å²) in [5.74, 6) is 7.24. The van der Waals surface area contributed by atoms with Crippen molar-refractivity contribution in [1.82, 2.24) is 0 Å². The van der Waals surface area contributed by atoms with Crippen molar-refractivity contribution in [2.24, 2.45) is 105 Å². The summed E-state index contributed by atoms with van der Waals surface area (Å²) in [5, 5.41) is 0. The second-order valence-electron chi connectivity index (χ2n) is 33.0. The Bertz CT molecular complexity index is 2880. The topological polar surface area (TPSA) is 0 Å². The van der Waals surface area contributed by atoms with E-state index in [4.69, 9.17) is 17.0 Å². The van der Waals surface area contributed by atoms with Crippen molar-refractivity contribution in [3.63, 3.8) is 0 Å². The zero-order chi connectivity index (χ0) is 64.2. The SMILES string of the molecule is CC(C)(C)C1=CC2C(C=C1)C1C=CC(C(C)(C)C)=CC1C2C(c1ccccc1)(c1ccccc1)C1CCC(CC/C=C/CCC2CCC(C(c3ccccc3)(c3ccccc3)C3C4C=C(C(C)(C)C)C=CC4C4C=CC(C(C)(C)C)=CC43)C2)C1.CCC.[CH3-].[CH3-].[Cl][Zr+2][Cl]. The fourth-order valence-electron chi connectivity index (χ4n) is 19.4. The molecule has 0 bridgehead atoms. The molecule has 0 nitrogen and oxygen atoms in total. The van der Waals surface area contributed by atoms with Crippen LogP contribution in [0.1, 0.15) is 190 Å². The van der Waals surface area contributed by atoms with Crippen LogP contribution in [0.2, 0.25) is 0 Å². The third kappa shape index (κ3) is 15.1. The molecule has 92 heavy (non-hydrogen) atoms. The monoisotopic (exact) mass is 1350 g/mol. The second-order valence-corrected chi connectivity index (χ2v) is 36.7. The van der Waals surface area contributed by atoms with Crippen molar-refractivity contribution in [2.45, 2.75) is 178 Å². The molecule has 0 heterocycles. The summed E-state index contributed by atoms with van der Waals surface area (Å²) >= 11 is -0.826. The Morgan fingerprint density at radius 1 is 0.370 bits per heavy atom. The minimum absolute atomic E-state index is 0. The van der Waals surface area contributed by atoms with Gasteiger partial charge in [-0.3, -0.25) is 0 Å². The van der Waals surface area contributed by atoms with Gasteiger partial charge in [-0.05, 0) is 200 Å². The number of halogens is 2. The molecule has 12 rings (SSSR count). The Kier molecular flexibility index (Phi) is 24.9. The van der Waals surface area contributed by atoms with Crippen LogP contribution in [0.5, 0.6) is 0 Å². The van der Waals surface area contributed by atoms with Crippen LogP contribution in [0.3, 0.4) is 0 Å². The summed E-state index contributed by atoms with van der Waals surface area (Å²) in [6, 6.07) is 48.0. The second kappa shape index (κ2) is 31.0. The minimum atomic E-state index is -0.826. The predicted molar refractivity (Wildman–Crippen MR) is 399 cm³/mol. The number of allylic oxidation sites excluding steroid dienone is 18. The van der Waals surface area contributed by atoms with Crippen molar-refractivity contribution in [2.75, 3.05) is 0 Å². The van der Waals surface area contributed by atoms with E-state index in [-0.39, 0.29) is 47.3 Å². The molecule has 4 aromatic rings. The first-order valence-electron chi connectivity index (χ1n) is 35.5. The van der Waals surface area contributed by atoms with Gasteiger partial charge in [0.25, 0.3) is 0 Å². The molecule has 0 radical (unpaired) electrons. The maximum atomic E-state index is 4.93. The van der Waals surface area contributed by atoms with Crippen molar-refractivity contribution < 1.29 is 20.8 Å². The fraction of sp³-hybridized carbons (Fsp3) is 0.506. The van der Waals surface area contributed by atoms with E-state index in [2.05, 4.69) is 303 Å². The van der Waals surface area contributed by atoms with E-state index in [0.717, 1.165) is 11.8 Å². The molecule has 3 heteroatoms. The molecule has 4 fully saturated rings. The molecule has 8 aliphatic carbocycles. The summed E-state index contributed by atoms with van der Waals surface area (Å²) in [6.45, 7) is 33.3. The molecule has 0 aromatic heterocycles. The Balaban J connectivity index is 0.00000131. The number of fused-ring (bicyclic) bond motifs is 6. The van der Waals surface area contributed by atoms with E-state index in [9.17, 15) is 0 Å². The van der Waals surface area contributed by atoms with Crippen molar-refractivity contribution in [3.8, 4) is 0 Å². The van der Waals surface area contributed by atoms with Crippen LogP contribution in [0, 0.1) is 119 Å². The molecule has 0 N–H and O–H groups in total. The third-order valence-electron chi connectivity index (χ3n) is 23.3. The average molecular weight is 1350 g/mol. The summed E-state index contributed by atoms with van der Waals surface area (Å²) in [6.07, 6.45) is 51.1. The van der Waals surface area contributed by atoms with Gasteiger partial charge in [0.2, 0.25) is 0 Å². The van der Waals surface area contributed by atoms with E-state index in [0.29, 0.717) is 71.0 Å². The molecule has 12 unspecified atom stereocenters. The Labute approximate surface area is 581 Å². The fourth-order valence-corrected chi connectivity index (χ4v) is 19.4. The normalized spacial score (nSPS) is 28.9. The number of hydrogen-bond acceptors (Lipinski definition) is 0. The number of rotatable bonds is 14. The zero-order valence-electron chi connectivity index (χ0n) is 59.7. The van der Waals surface area contributed by atoms with E-state index in [1.165, 1.54) is 115 Å². The molecular formula is C89H118Cl2Zr. The molecular weight excluding hydrogens is 1230 g/mol. The third-order valence-corrected chi connectivity index (χ3v) is 23.3. The van der Waals surface area contributed by atoms with Crippen LogP contribution in [0.15, 0.2) is 229 Å². The number of benzene rings is 4. The van der Waals surface area contributed by atoms with Gasteiger partial charge in [0, 0.05) is 10.8 Å². The van der Waals surface area contributed by atoms with Gasteiger partial charge in [-0.15, -0.1) is 0 Å². The van der Waals surface area contributed by atoms with Gasteiger partial charge in [0.15, 0.2) is 0 Å². The van der Waals surface area contributed by atoms with Gasteiger partial charge in [-0.25, -0.2) is 0 Å². The molecule has 0 saturated heterocycles. The van der Waals surface area contributed by atoms with Crippen LogP contribution in [-0.4, -0.2) is 0 Å². The maximum absolute atomic E-state index is 4.93. The summed E-state index contributed by atoms with van der Waals surface area (Å²) < 4.78 is 0. The predicted octanol–water partition coefficient (Wildman–Crippen LogP) is 26.0. The van der Waals surface area contributed by atoms with Crippen molar-refractivity contribution in [3.05, 3.63) is 266 Å². The van der Waals surface area contributed by atoms with E-state index < -0.39 is 20.8 Å². The molecule has 12 atom stereocenters. The first-order valence-corrected chi connectivity index (χ1v) is 41.8. The van der Waals surface area contributed by atoms with Crippen LogP contribution >= 0.6 is 17.0 Å². The van der Waals surface area contributed by atoms with Crippen LogP contribution in [-0.2, 0) is 31.7 Å². The van der Waals surface area contributed by atoms with Gasteiger partial charge >= 0.3 is 37.9 Å². The van der Waals surface area contributed by atoms with Crippen molar-refractivity contribution in [1.29, 1.82) is 0 Å². The van der Waals surface area contributed by atoms with Gasteiger partial charge in [-0.2, -0.15) is 0 Å². The molecule has 4 aromatic carbocycles. The Morgan fingerprint density at radius 2 is 0.598 bits per heavy atom. The first kappa shape index (κ1) is 73.8. The van der Waals surface area contributed by atoms with Gasteiger partial charge in [-0.1, -0.05) is 323 Å². The average Bonchev–Trinajstić information content (AvgIpc) is 1.53. The van der Waals surface area contributed by atoms with Gasteiger partial charge < -0.3 is 14.9 Å². The van der Waals surface area contributed by atoms with Crippen LogP contribution in [0.25, 0.3) is 0 Å².